The normalized spacial score (nSPS) is 13.6. The fourth-order valence-corrected chi connectivity index (χ4v) is 4.88. The highest BCUT2D eigenvalue weighted by Gasteiger charge is 2.26. The van der Waals surface area contributed by atoms with E-state index in [1.807, 2.05) is 87.5 Å². The molecule has 1 unspecified atom stereocenters. The average Bonchev–Trinajstić information content (AvgIpc) is 3.04. The minimum absolute atomic E-state index is 0.365. The zero-order valence-corrected chi connectivity index (χ0v) is 26.7. The number of aliphatic hydroxyl groups is 2. The summed E-state index contributed by atoms with van der Waals surface area (Å²) < 4.78 is 23.0. The Morgan fingerprint density at radius 1 is 0.733 bits per heavy atom. The number of unbranched alkanes of at least 4 members (excludes halogenated alkanes) is 2. The number of ether oxygens (including phenoxy) is 4. The second kappa shape index (κ2) is 17.1. The van der Waals surface area contributed by atoms with Gasteiger partial charge < -0.3 is 29.2 Å². The van der Waals surface area contributed by atoms with Crippen LogP contribution in [0.25, 0.3) is 22.4 Å². The highest BCUT2D eigenvalue weighted by atomic mass is 16.6. The summed E-state index contributed by atoms with van der Waals surface area (Å²) in [5.74, 6) is 1.34. The lowest BCUT2D eigenvalue weighted by atomic mass is 10.0. The molecule has 3 N–H and O–H groups in total. The molecule has 0 aliphatic carbocycles. The van der Waals surface area contributed by atoms with Crippen LogP contribution in [0.4, 0.5) is 0 Å². The lowest BCUT2D eigenvalue weighted by Crippen LogP contribution is -2.50. The standard InChI is InChI=1S/C37H46N2O6/c1-37(2,3)45-36(41)39-32(35(40)42-4)24-29-20-12-13-21-33(29)43-22-14-7-15-23-44-34-26-30(27-16-8-5-9-17-27)25-31(38-34)28-18-10-6-11-19-28/h5-6,8-13,16-21,25-26,32,35-36,39-41H,7,14-15,22-24H2,1-4H3/t32?,35-,36+/m1/s1. The molecule has 1 heterocycles. The Labute approximate surface area is 267 Å². The van der Waals surface area contributed by atoms with Gasteiger partial charge in [0.25, 0.3) is 0 Å². The lowest BCUT2D eigenvalue weighted by molar-refractivity contribution is -0.200. The first-order valence-corrected chi connectivity index (χ1v) is 15.5. The number of aliphatic hydroxyl groups excluding tert-OH is 2. The molecule has 8 heteroatoms. The SMILES string of the molecule is CO[C@@H](O)C(Cc1ccccc1OCCCCCOc1cc(-c2ccccc2)cc(-c2ccccc2)n1)N[C@@H](O)OC(C)(C)C. The van der Waals surface area contributed by atoms with E-state index in [4.69, 9.17) is 23.9 Å². The van der Waals surface area contributed by atoms with E-state index in [1.165, 1.54) is 7.11 Å². The van der Waals surface area contributed by atoms with Crippen molar-refractivity contribution < 1.29 is 29.2 Å². The number of hydrogen-bond donors (Lipinski definition) is 3. The Balaban J connectivity index is 1.28. The van der Waals surface area contributed by atoms with Crippen molar-refractivity contribution in [2.45, 2.75) is 70.8 Å². The van der Waals surface area contributed by atoms with Gasteiger partial charge in [0, 0.05) is 18.7 Å². The van der Waals surface area contributed by atoms with Gasteiger partial charge in [-0.05, 0) is 75.3 Å². The van der Waals surface area contributed by atoms with Crippen molar-refractivity contribution in [2.75, 3.05) is 20.3 Å². The summed E-state index contributed by atoms with van der Waals surface area (Å²) >= 11 is 0. The third kappa shape index (κ3) is 11.3. The Hall–Kier alpha value is -3.79. The lowest BCUT2D eigenvalue weighted by Gasteiger charge is -2.30. The van der Waals surface area contributed by atoms with E-state index in [0.29, 0.717) is 25.5 Å². The second-order valence-electron chi connectivity index (χ2n) is 11.9. The zero-order chi connectivity index (χ0) is 32.1. The molecule has 0 fully saturated rings. The molecular weight excluding hydrogens is 568 g/mol. The molecular formula is C37H46N2O6. The van der Waals surface area contributed by atoms with Gasteiger partial charge >= 0.3 is 0 Å². The van der Waals surface area contributed by atoms with Crippen LogP contribution in [0.2, 0.25) is 0 Å². The number of benzene rings is 3. The van der Waals surface area contributed by atoms with Crippen molar-refractivity contribution in [1.82, 2.24) is 10.3 Å². The number of rotatable bonds is 17. The van der Waals surface area contributed by atoms with Gasteiger partial charge in [0.2, 0.25) is 12.3 Å². The molecule has 0 amide bonds. The topological polar surface area (TPSA) is 102 Å². The fourth-order valence-electron chi connectivity index (χ4n) is 4.88. The molecule has 0 saturated carbocycles. The maximum absolute atomic E-state index is 10.4. The van der Waals surface area contributed by atoms with Crippen LogP contribution in [0.3, 0.4) is 0 Å². The van der Waals surface area contributed by atoms with Crippen molar-refractivity contribution in [1.29, 1.82) is 0 Å². The summed E-state index contributed by atoms with van der Waals surface area (Å²) in [6, 6.07) is 31.6. The maximum Gasteiger partial charge on any atom is 0.214 e. The number of pyridine rings is 1. The summed E-state index contributed by atoms with van der Waals surface area (Å²) in [7, 11) is 1.42. The van der Waals surface area contributed by atoms with E-state index in [1.54, 1.807) is 0 Å². The molecule has 8 nitrogen and oxygen atoms in total. The quantitative estimate of drug-likeness (QED) is 0.0904. The monoisotopic (exact) mass is 614 g/mol. The Morgan fingerprint density at radius 2 is 1.36 bits per heavy atom. The molecule has 4 rings (SSSR count). The molecule has 240 valence electrons. The van der Waals surface area contributed by atoms with Crippen LogP contribution < -0.4 is 14.8 Å². The first kappa shape index (κ1) is 34.1. The predicted octanol–water partition coefficient (Wildman–Crippen LogP) is 6.60. The van der Waals surface area contributed by atoms with Crippen molar-refractivity contribution in [3.8, 4) is 34.0 Å². The molecule has 0 aliphatic rings. The minimum atomic E-state index is -1.27. The van der Waals surface area contributed by atoms with Crippen LogP contribution in [0.5, 0.6) is 11.6 Å². The van der Waals surface area contributed by atoms with Gasteiger partial charge in [-0.25, -0.2) is 4.98 Å². The fraction of sp³-hybridized carbons (Fsp3) is 0.378. The molecule has 1 aromatic heterocycles. The van der Waals surface area contributed by atoms with Gasteiger partial charge in [0.15, 0.2) is 6.29 Å². The van der Waals surface area contributed by atoms with Gasteiger partial charge in [-0.1, -0.05) is 78.9 Å². The van der Waals surface area contributed by atoms with E-state index in [0.717, 1.165) is 53.0 Å². The molecule has 45 heavy (non-hydrogen) atoms. The molecule has 0 aliphatic heterocycles. The predicted molar refractivity (Wildman–Crippen MR) is 177 cm³/mol. The average molecular weight is 615 g/mol. The third-order valence-electron chi connectivity index (χ3n) is 7.09. The van der Waals surface area contributed by atoms with Crippen molar-refractivity contribution in [3.63, 3.8) is 0 Å². The Bertz CT molecular complexity index is 1370. The van der Waals surface area contributed by atoms with Gasteiger partial charge in [-0.2, -0.15) is 0 Å². The Morgan fingerprint density at radius 3 is 2.02 bits per heavy atom. The minimum Gasteiger partial charge on any atom is -0.493 e. The van der Waals surface area contributed by atoms with Gasteiger partial charge in [0.1, 0.15) is 5.75 Å². The van der Waals surface area contributed by atoms with E-state index < -0.39 is 24.3 Å². The summed E-state index contributed by atoms with van der Waals surface area (Å²) in [5, 5.41) is 23.7. The van der Waals surface area contributed by atoms with Crippen LogP contribution in [-0.4, -0.2) is 59.9 Å². The molecule has 0 bridgehead atoms. The third-order valence-corrected chi connectivity index (χ3v) is 7.09. The van der Waals surface area contributed by atoms with Crippen LogP contribution in [0.1, 0.15) is 45.6 Å². The summed E-state index contributed by atoms with van der Waals surface area (Å²) in [6.45, 7) is 6.62. The smallest absolute Gasteiger partial charge is 0.214 e. The van der Waals surface area contributed by atoms with E-state index in [9.17, 15) is 10.2 Å². The summed E-state index contributed by atoms with van der Waals surface area (Å²) in [5.41, 5.74) is 4.44. The zero-order valence-electron chi connectivity index (χ0n) is 26.7. The molecule has 3 aromatic carbocycles. The van der Waals surface area contributed by atoms with Gasteiger partial charge in [-0.15, -0.1) is 0 Å². The van der Waals surface area contributed by atoms with Crippen molar-refractivity contribution >= 4 is 0 Å². The second-order valence-corrected chi connectivity index (χ2v) is 11.9. The molecule has 0 saturated heterocycles. The molecule has 3 atom stereocenters. The highest BCUT2D eigenvalue weighted by Crippen LogP contribution is 2.29. The van der Waals surface area contributed by atoms with Crippen molar-refractivity contribution in [3.05, 3.63) is 103 Å². The highest BCUT2D eigenvalue weighted by molar-refractivity contribution is 5.71. The number of nitrogens with one attached hydrogen (secondary N) is 1. The number of nitrogens with zero attached hydrogens (tertiary/aromatic N) is 1. The first-order chi connectivity index (χ1) is 21.7. The Kier molecular flexibility index (Phi) is 12.9. The molecule has 0 radical (unpaired) electrons. The number of hydrogen-bond acceptors (Lipinski definition) is 8. The van der Waals surface area contributed by atoms with E-state index in [2.05, 4.69) is 35.6 Å². The van der Waals surface area contributed by atoms with Crippen molar-refractivity contribution in [2.24, 2.45) is 0 Å². The van der Waals surface area contributed by atoms with Crippen LogP contribution in [0.15, 0.2) is 97.1 Å². The molecule has 4 aromatic rings. The number of para-hydroxylation sites is 1. The van der Waals surface area contributed by atoms with E-state index in [-0.39, 0.29) is 0 Å². The number of methoxy groups -OCH3 is 1. The van der Waals surface area contributed by atoms with Gasteiger partial charge in [0.05, 0.1) is 30.6 Å². The van der Waals surface area contributed by atoms with Gasteiger partial charge in [-0.3, -0.25) is 5.32 Å². The first-order valence-electron chi connectivity index (χ1n) is 15.5. The summed E-state index contributed by atoms with van der Waals surface area (Å²) in [4.78, 5) is 4.79. The van der Waals surface area contributed by atoms with Crippen LogP contribution in [0, 0.1) is 0 Å². The van der Waals surface area contributed by atoms with Crippen LogP contribution >= 0.6 is 0 Å². The molecule has 0 spiro atoms. The van der Waals surface area contributed by atoms with E-state index >= 15 is 0 Å². The number of aromatic nitrogens is 1. The largest absolute Gasteiger partial charge is 0.493 e. The maximum atomic E-state index is 10.4. The van der Waals surface area contributed by atoms with Crippen LogP contribution in [-0.2, 0) is 15.9 Å². The summed E-state index contributed by atoms with van der Waals surface area (Å²) in [6.07, 6.45) is 0.586.